The largest absolute Gasteiger partial charge is 0.379 e. The van der Waals surface area contributed by atoms with E-state index in [1.54, 1.807) is 7.11 Å². The van der Waals surface area contributed by atoms with Gasteiger partial charge in [-0.25, -0.2) is 0 Å². The number of methoxy groups -OCH3 is 1. The van der Waals surface area contributed by atoms with Crippen molar-refractivity contribution in [2.45, 2.75) is 38.3 Å². The Morgan fingerprint density at radius 2 is 1.82 bits per heavy atom. The molecule has 96 valence electrons. The third kappa shape index (κ3) is 4.47. The molecule has 4 heteroatoms. The molecule has 0 heterocycles. The van der Waals surface area contributed by atoms with Gasteiger partial charge in [0.05, 0.1) is 5.60 Å². The maximum absolute atomic E-state index is 6.11. The van der Waals surface area contributed by atoms with Crippen LogP contribution >= 0.6 is 23.2 Å². The molecule has 1 unspecified atom stereocenters. The van der Waals surface area contributed by atoms with Gasteiger partial charge in [-0.2, -0.15) is 0 Å². The van der Waals surface area contributed by atoms with E-state index in [4.69, 9.17) is 33.7 Å². The molecule has 0 aromatic heterocycles. The summed E-state index contributed by atoms with van der Waals surface area (Å²) in [5, 5.41) is 1.34. The predicted octanol–water partition coefficient (Wildman–Crippen LogP) is 3.68. The number of nitrogens with two attached hydrogens (primary N) is 1. The van der Waals surface area contributed by atoms with Crippen LogP contribution in [0.15, 0.2) is 18.2 Å². The maximum Gasteiger partial charge on any atom is 0.0637 e. The minimum Gasteiger partial charge on any atom is -0.379 e. The molecule has 0 saturated heterocycles. The summed E-state index contributed by atoms with van der Waals surface area (Å²) >= 11 is 12.2. The smallest absolute Gasteiger partial charge is 0.0637 e. The fourth-order valence-electron chi connectivity index (χ4n) is 1.78. The summed E-state index contributed by atoms with van der Waals surface area (Å²) in [6.45, 7) is 4.03. The van der Waals surface area contributed by atoms with E-state index in [2.05, 4.69) is 0 Å². The predicted molar refractivity (Wildman–Crippen MR) is 73.8 cm³/mol. The minimum atomic E-state index is -0.229. The lowest BCUT2D eigenvalue weighted by molar-refractivity contribution is 0.0102. The molecule has 0 fully saturated rings. The molecule has 1 rings (SSSR count). The summed E-state index contributed by atoms with van der Waals surface area (Å²) in [4.78, 5) is 0. The summed E-state index contributed by atoms with van der Waals surface area (Å²) in [6, 6.07) is 5.47. The van der Waals surface area contributed by atoms with Crippen molar-refractivity contribution in [1.82, 2.24) is 0 Å². The minimum absolute atomic E-state index is 0.0256. The molecule has 2 nitrogen and oxygen atoms in total. The van der Waals surface area contributed by atoms with Crippen LogP contribution in [0.5, 0.6) is 0 Å². The van der Waals surface area contributed by atoms with Crippen LogP contribution in [0.1, 0.15) is 25.8 Å². The number of benzene rings is 1. The molecule has 1 aromatic carbocycles. The first-order valence-electron chi connectivity index (χ1n) is 5.59. The monoisotopic (exact) mass is 275 g/mol. The zero-order valence-electron chi connectivity index (χ0n) is 10.5. The number of ether oxygens (including phenoxy) is 1. The van der Waals surface area contributed by atoms with Gasteiger partial charge in [-0.1, -0.05) is 29.3 Å². The first-order chi connectivity index (χ1) is 7.85. The van der Waals surface area contributed by atoms with Gasteiger partial charge in [0.15, 0.2) is 0 Å². The van der Waals surface area contributed by atoms with E-state index in [0.29, 0.717) is 16.5 Å². The van der Waals surface area contributed by atoms with Crippen molar-refractivity contribution in [3.63, 3.8) is 0 Å². The maximum atomic E-state index is 6.11. The number of halogens is 2. The second kappa shape index (κ2) is 6.05. The van der Waals surface area contributed by atoms with Crippen molar-refractivity contribution < 1.29 is 4.74 Å². The Labute approximate surface area is 113 Å². The van der Waals surface area contributed by atoms with Crippen molar-refractivity contribution in [3.05, 3.63) is 33.8 Å². The van der Waals surface area contributed by atoms with Crippen molar-refractivity contribution in [2.75, 3.05) is 7.11 Å². The summed E-state index contributed by atoms with van der Waals surface area (Å²) < 4.78 is 5.36. The molecule has 0 bridgehead atoms. The van der Waals surface area contributed by atoms with Crippen LogP contribution in [0, 0.1) is 0 Å². The molecule has 0 amide bonds. The SMILES string of the molecule is COC(C)(C)CC(N)Cc1c(Cl)cccc1Cl. The number of hydrogen-bond acceptors (Lipinski definition) is 2. The Hall–Kier alpha value is -0.280. The van der Waals surface area contributed by atoms with Gasteiger partial charge in [-0.3, -0.25) is 0 Å². The molecule has 0 saturated carbocycles. The van der Waals surface area contributed by atoms with Gasteiger partial charge >= 0.3 is 0 Å². The van der Waals surface area contributed by atoms with Crippen LogP contribution in [-0.4, -0.2) is 18.8 Å². The highest BCUT2D eigenvalue weighted by Gasteiger charge is 2.21. The number of rotatable bonds is 5. The van der Waals surface area contributed by atoms with Gasteiger partial charge in [0.1, 0.15) is 0 Å². The van der Waals surface area contributed by atoms with Gasteiger partial charge in [0.25, 0.3) is 0 Å². The fraction of sp³-hybridized carbons (Fsp3) is 0.538. The molecule has 0 radical (unpaired) electrons. The summed E-state index contributed by atoms with van der Waals surface area (Å²) in [7, 11) is 1.69. The molecular weight excluding hydrogens is 257 g/mol. The lowest BCUT2D eigenvalue weighted by Gasteiger charge is -2.26. The van der Waals surface area contributed by atoms with Crippen LogP contribution < -0.4 is 5.73 Å². The Bertz CT molecular complexity index is 359. The highest BCUT2D eigenvalue weighted by molar-refractivity contribution is 6.35. The van der Waals surface area contributed by atoms with Gasteiger partial charge in [-0.05, 0) is 44.4 Å². The molecule has 2 N–H and O–H groups in total. The van der Waals surface area contributed by atoms with Gasteiger partial charge in [0, 0.05) is 23.2 Å². The van der Waals surface area contributed by atoms with E-state index in [9.17, 15) is 0 Å². The topological polar surface area (TPSA) is 35.2 Å². The lowest BCUT2D eigenvalue weighted by Crippen LogP contribution is -2.35. The Morgan fingerprint density at radius 3 is 2.29 bits per heavy atom. The van der Waals surface area contributed by atoms with Crippen molar-refractivity contribution in [3.8, 4) is 0 Å². The average Bonchev–Trinajstić information content (AvgIpc) is 2.23. The van der Waals surface area contributed by atoms with E-state index in [1.165, 1.54) is 0 Å². The molecule has 0 aliphatic heterocycles. The fourth-order valence-corrected chi connectivity index (χ4v) is 2.33. The molecule has 17 heavy (non-hydrogen) atoms. The Balaban J connectivity index is 2.72. The lowest BCUT2D eigenvalue weighted by atomic mass is 9.94. The third-order valence-electron chi connectivity index (χ3n) is 2.83. The second-order valence-corrected chi connectivity index (χ2v) is 5.65. The summed E-state index contributed by atoms with van der Waals surface area (Å²) in [5.74, 6) is 0. The Morgan fingerprint density at radius 1 is 1.29 bits per heavy atom. The first kappa shape index (κ1) is 14.8. The van der Waals surface area contributed by atoms with Crippen LogP contribution in [-0.2, 0) is 11.2 Å². The van der Waals surface area contributed by atoms with Gasteiger partial charge < -0.3 is 10.5 Å². The van der Waals surface area contributed by atoms with Gasteiger partial charge in [0.2, 0.25) is 0 Å². The molecule has 1 aromatic rings. The zero-order chi connectivity index (χ0) is 13.1. The quantitative estimate of drug-likeness (QED) is 0.890. The van der Waals surface area contributed by atoms with Crippen molar-refractivity contribution in [2.24, 2.45) is 5.73 Å². The van der Waals surface area contributed by atoms with Crippen molar-refractivity contribution in [1.29, 1.82) is 0 Å². The first-order valence-corrected chi connectivity index (χ1v) is 6.35. The molecule has 0 aliphatic carbocycles. The van der Waals surface area contributed by atoms with E-state index in [0.717, 1.165) is 12.0 Å². The van der Waals surface area contributed by atoms with Crippen LogP contribution in [0.4, 0.5) is 0 Å². The van der Waals surface area contributed by atoms with Crippen LogP contribution in [0.3, 0.4) is 0 Å². The zero-order valence-corrected chi connectivity index (χ0v) is 12.0. The van der Waals surface area contributed by atoms with E-state index >= 15 is 0 Å². The molecule has 0 aliphatic rings. The van der Waals surface area contributed by atoms with E-state index in [1.807, 2.05) is 32.0 Å². The summed E-state index contributed by atoms with van der Waals surface area (Å²) in [6.07, 6.45) is 1.41. The molecular formula is C13H19Cl2NO. The third-order valence-corrected chi connectivity index (χ3v) is 3.54. The molecule has 0 spiro atoms. The number of hydrogen-bond donors (Lipinski definition) is 1. The average molecular weight is 276 g/mol. The molecule has 1 atom stereocenters. The Kier molecular flexibility index (Phi) is 5.26. The van der Waals surface area contributed by atoms with Crippen molar-refractivity contribution >= 4 is 23.2 Å². The van der Waals surface area contributed by atoms with Crippen LogP contribution in [0.25, 0.3) is 0 Å². The van der Waals surface area contributed by atoms with Crippen LogP contribution in [0.2, 0.25) is 10.0 Å². The highest BCUT2D eigenvalue weighted by atomic mass is 35.5. The highest BCUT2D eigenvalue weighted by Crippen LogP contribution is 2.27. The van der Waals surface area contributed by atoms with E-state index in [-0.39, 0.29) is 11.6 Å². The standard InChI is InChI=1S/C13H19Cl2NO/c1-13(2,17-3)8-9(16)7-10-11(14)5-4-6-12(10)15/h4-6,9H,7-8,16H2,1-3H3. The summed E-state index contributed by atoms with van der Waals surface area (Å²) in [5.41, 5.74) is 6.79. The second-order valence-electron chi connectivity index (χ2n) is 4.83. The van der Waals surface area contributed by atoms with E-state index < -0.39 is 0 Å². The van der Waals surface area contributed by atoms with Gasteiger partial charge in [-0.15, -0.1) is 0 Å². The normalized spacial score (nSPS) is 13.8.